The second-order valence-electron chi connectivity index (χ2n) is 3.78. The van der Waals surface area contributed by atoms with Gasteiger partial charge in [-0.25, -0.2) is 0 Å². The molecule has 0 radical (unpaired) electrons. The first-order valence-corrected chi connectivity index (χ1v) is 5.05. The molecule has 2 rings (SSSR count). The number of nitrogens with zero attached hydrogens (tertiary/aromatic N) is 1. The molecule has 0 saturated carbocycles. The Morgan fingerprint density at radius 3 is 2.53 bits per heavy atom. The molecule has 2 aromatic rings. The lowest BCUT2D eigenvalue weighted by Crippen LogP contribution is -2.11. The lowest BCUT2D eigenvalue weighted by Gasteiger charge is -2.06. The molecule has 0 spiro atoms. The molecule has 0 aliphatic carbocycles. The molecule has 0 aliphatic rings. The van der Waals surface area contributed by atoms with E-state index in [1.54, 1.807) is 13.0 Å². The molecule has 1 atom stereocenters. The van der Waals surface area contributed by atoms with Gasteiger partial charge < -0.3 is 14.6 Å². The number of hydrogen-bond acceptors (Lipinski definition) is 5. The quantitative estimate of drug-likeness (QED) is 0.652. The summed E-state index contributed by atoms with van der Waals surface area (Å²) < 4.78 is 10.4. The second kappa shape index (κ2) is 4.06. The Morgan fingerprint density at radius 2 is 2.06 bits per heavy atom. The summed E-state index contributed by atoms with van der Waals surface area (Å²) in [7, 11) is 0. The fourth-order valence-electron chi connectivity index (χ4n) is 1.72. The van der Waals surface area contributed by atoms with Crippen molar-refractivity contribution < 1.29 is 13.8 Å². The van der Waals surface area contributed by atoms with Crippen LogP contribution in [0.3, 0.4) is 0 Å². The summed E-state index contributed by atoms with van der Waals surface area (Å²) in [5, 5.41) is 10.5. The summed E-state index contributed by atoms with van der Waals surface area (Å²) in [6, 6.07) is 4.04. The van der Waals surface area contributed by atoms with Crippen LogP contribution in [0.15, 0.2) is 27.0 Å². The lowest BCUT2D eigenvalue weighted by molar-refractivity contribution is -0.402. The largest absolute Gasteiger partial charge is 0.466 e. The molecular weight excluding hydrogens is 224 g/mol. The predicted octanol–water partition coefficient (Wildman–Crippen LogP) is 2.45. The van der Waals surface area contributed by atoms with E-state index in [9.17, 15) is 10.1 Å². The van der Waals surface area contributed by atoms with Crippen LogP contribution in [0.4, 0.5) is 5.88 Å². The molecule has 6 nitrogen and oxygen atoms in total. The fraction of sp³-hybridized carbons (Fsp3) is 0.273. The summed E-state index contributed by atoms with van der Waals surface area (Å²) in [4.78, 5) is 9.90. The molecule has 2 heterocycles. The van der Waals surface area contributed by atoms with Gasteiger partial charge in [-0.05, 0) is 26.0 Å². The van der Waals surface area contributed by atoms with Gasteiger partial charge >= 0.3 is 5.88 Å². The topological polar surface area (TPSA) is 95.4 Å². The Labute approximate surface area is 97.2 Å². The smallest absolute Gasteiger partial charge is 0.433 e. The lowest BCUT2D eigenvalue weighted by atomic mass is 10.1. The average Bonchev–Trinajstić information content (AvgIpc) is 2.84. The summed E-state index contributed by atoms with van der Waals surface area (Å²) in [6.07, 6.45) is 0. The maximum atomic E-state index is 10.5. The molecular formula is C11H12N2O4. The van der Waals surface area contributed by atoms with Gasteiger partial charge in [-0.2, -0.15) is 0 Å². The first-order chi connectivity index (χ1) is 7.99. The van der Waals surface area contributed by atoms with E-state index < -0.39 is 11.0 Å². The summed E-state index contributed by atoms with van der Waals surface area (Å²) in [6.45, 7) is 3.60. The van der Waals surface area contributed by atoms with Crippen LogP contribution in [-0.2, 0) is 0 Å². The molecule has 6 heteroatoms. The van der Waals surface area contributed by atoms with Gasteiger partial charge in [0.15, 0.2) is 0 Å². The second-order valence-corrected chi connectivity index (χ2v) is 3.78. The third-order valence-corrected chi connectivity index (χ3v) is 2.51. The molecule has 0 saturated heterocycles. The zero-order valence-electron chi connectivity index (χ0n) is 9.47. The summed E-state index contributed by atoms with van der Waals surface area (Å²) in [5.74, 6) is 1.47. The maximum absolute atomic E-state index is 10.5. The zero-order chi connectivity index (χ0) is 12.6. The van der Waals surface area contributed by atoms with Crippen molar-refractivity contribution in [2.75, 3.05) is 0 Å². The van der Waals surface area contributed by atoms with Crippen LogP contribution in [0.25, 0.3) is 0 Å². The van der Waals surface area contributed by atoms with Crippen molar-refractivity contribution in [1.29, 1.82) is 0 Å². The van der Waals surface area contributed by atoms with E-state index in [-0.39, 0.29) is 5.88 Å². The number of rotatable bonds is 3. The SMILES string of the molecule is Cc1cc(C(N)c2ccc([N+](=O)[O-])o2)c(C)o1. The Hall–Kier alpha value is -2.08. The number of hydrogen-bond donors (Lipinski definition) is 1. The van der Waals surface area contributed by atoms with E-state index in [0.29, 0.717) is 11.5 Å². The van der Waals surface area contributed by atoms with Crippen LogP contribution in [0, 0.1) is 24.0 Å². The van der Waals surface area contributed by atoms with Gasteiger partial charge in [0, 0.05) is 5.56 Å². The Bertz CT molecular complexity index is 556. The van der Waals surface area contributed by atoms with E-state index in [1.807, 2.05) is 6.92 Å². The Kier molecular flexibility index (Phi) is 2.72. The highest BCUT2D eigenvalue weighted by Crippen LogP contribution is 2.28. The number of nitro groups is 1. The van der Waals surface area contributed by atoms with Crippen molar-refractivity contribution >= 4 is 5.88 Å². The monoisotopic (exact) mass is 236 g/mol. The van der Waals surface area contributed by atoms with Crippen molar-refractivity contribution in [2.24, 2.45) is 5.73 Å². The molecule has 2 aromatic heterocycles. The van der Waals surface area contributed by atoms with Crippen molar-refractivity contribution in [3.63, 3.8) is 0 Å². The summed E-state index contributed by atoms with van der Waals surface area (Å²) >= 11 is 0. The predicted molar refractivity (Wildman–Crippen MR) is 59.6 cm³/mol. The van der Waals surface area contributed by atoms with Gasteiger partial charge in [0.05, 0.1) is 12.1 Å². The molecule has 0 bridgehead atoms. The highest BCUT2D eigenvalue weighted by molar-refractivity contribution is 5.32. The van der Waals surface area contributed by atoms with E-state index in [4.69, 9.17) is 14.6 Å². The summed E-state index contributed by atoms with van der Waals surface area (Å²) in [5.41, 5.74) is 6.74. The highest BCUT2D eigenvalue weighted by atomic mass is 16.6. The molecule has 2 N–H and O–H groups in total. The highest BCUT2D eigenvalue weighted by Gasteiger charge is 2.21. The molecule has 0 aliphatic heterocycles. The van der Waals surface area contributed by atoms with Crippen molar-refractivity contribution in [2.45, 2.75) is 19.9 Å². The first-order valence-electron chi connectivity index (χ1n) is 5.05. The minimum Gasteiger partial charge on any atom is -0.466 e. The van der Waals surface area contributed by atoms with Crippen LogP contribution >= 0.6 is 0 Å². The van der Waals surface area contributed by atoms with Crippen molar-refractivity contribution in [3.05, 3.63) is 51.2 Å². The van der Waals surface area contributed by atoms with Crippen LogP contribution in [0.5, 0.6) is 0 Å². The molecule has 0 amide bonds. The fourth-order valence-corrected chi connectivity index (χ4v) is 1.72. The van der Waals surface area contributed by atoms with Crippen molar-refractivity contribution in [1.82, 2.24) is 0 Å². The number of aryl methyl sites for hydroxylation is 2. The molecule has 90 valence electrons. The van der Waals surface area contributed by atoms with E-state index >= 15 is 0 Å². The standard InChI is InChI=1S/C11H12N2O4/c1-6-5-8(7(2)16-6)11(12)9-3-4-10(17-9)13(14)15/h3-5,11H,12H2,1-2H3. The minimum absolute atomic E-state index is 0.312. The van der Waals surface area contributed by atoms with Gasteiger partial charge in [-0.3, -0.25) is 10.1 Å². The van der Waals surface area contributed by atoms with Gasteiger partial charge in [-0.15, -0.1) is 0 Å². The third-order valence-electron chi connectivity index (χ3n) is 2.51. The van der Waals surface area contributed by atoms with E-state index in [0.717, 1.165) is 11.3 Å². The van der Waals surface area contributed by atoms with Gasteiger partial charge in [0.25, 0.3) is 0 Å². The van der Waals surface area contributed by atoms with Crippen molar-refractivity contribution in [3.8, 4) is 0 Å². The molecule has 0 fully saturated rings. The van der Waals surface area contributed by atoms with Gasteiger partial charge in [0.1, 0.15) is 22.2 Å². The first kappa shape index (κ1) is 11.4. The van der Waals surface area contributed by atoms with E-state index in [2.05, 4.69) is 0 Å². The number of furan rings is 2. The maximum Gasteiger partial charge on any atom is 0.433 e. The minimum atomic E-state index is -0.594. The molecule has 0 aromatic carbocycles. The Balaban J connectivity index is 2.33. The van der Waals surface area contributed by atoms with Gasteiger partial charge in [-0.1, -0.05) is 0 Å². The van der Waals surface area contributed by atoms with E-state index in [1.165, 1.54) is 12.1 Å². The van der Waals surface area contributed by atoms with Crippen LogP contribution in [-0.4, -0.2) is 4.92 Å². The van der Waals surface area contributed by atoms with Crippen LogP contribution in [0.2, 0.25) is 0 Å². The molecule has 17 heavy (non-hydrogen) atoms. The number of nitrogens with two attached hydrogens (primary N) is 1. The Morgan fingerprint density at radius 1 is 1.35 bits per heavy atom. The van der Waals surface area contributed by atoms with Crippen LogP contribution < -0.4 is 5.73 Å². The normalized spacial score (nSPS) is 12.6. The third kappa shape index (κ3) is 2.07. The molecule has 1 unspecified atom stereocenters. The van der Waals surface area contributed by atoms with Crippen LogP contribution in [0.1, 0.15) is 28.9 Å². The van der Waals surface area contributed by atoms with Gasteiger partial charge in [0.2, 0.25) is 0 Å². The zero-order valence-corrected chi connectivity index (χ0v) is 9.47. The average molecular weight is 236 g/mol.